The molecule has 0 saturated carbocycles. The van der Waals surface area contributed by atoms with Crippen molar-refractivity contribution in [3.8, 4) is 5.75 Å². The van der Waals surface area contributed by atoms with E-state index in [1.807, 2.05) is 36.4 Å². The monoisotopic (exact) mass is 366 g/mol. The van der Waals surface area contributed by atoms with Gasteiger partial charge in [-0.25, -0.2) is 0 Å². The molecule has 0 radical (unpaired) electrons. The lowest BCUT2D eigenvalue weighted by atomic mass is 10.2. The number of hydrogen-bond acceptors (Lipinski definition) is 5. The third-order valence-corrected chi connectivity index (χ3v) is 4.01. The highest BCUT2D eigenvalue weighted by molar-refractivity contribution is 7.71. The maximum absolute atomic E-state index is 12.0. The first-order chi connectivity index (χ1) is 12.5. The van der Waals surface area contributed by atoms with Gasteiger partial charge < -0.3 is 4.74 Å². The van der Waals surface area contributed by atoms with Gasteiger partial charge in [0.05, 0.1) is 6.21 Å². The van der Waals surface area contributed by atoms with Crippen molar-refractivity contribution in [2.75, 3.05) is 0 Å². The molecule has 0 spiro atoms. The molecule has 0 amide bonds. The summed E-state index contributed by atoms with van der Waals surface area (Å²) in [6, 6.07) is 15.7. The molecule has 7 heteroatoms. The zero-order valence-corrected chi connectivity index (χ0v) is 15.3. The average Bonchev–Trinajstić information content (AvgIpc) is 2.65. The van der Waals surface area contributed by atoms with Gasteiger partial charge in [0.25, 0.3) is 5.56 Å². The van der Waals surface area contributed by atoms with Crippen molar-refractivity contribution < 1.29 is 4.74 Å². The van der Waals surface area contributed by atoms with Crippen molar-refractivity contribution in [1.29, 1.82) is 0 Å². The van der Waals surface area contributed by atoms with E-state index in [2.05, 4.69) is 34.4 Å². The number of nitrogens with zero attached hydrogens (tertiary/aromatic N) is 3. The van der Waals surface area contributed by atoms with Gasteiger partial charge in [0, 0.05) is 0 Å². The SMILES string of the molecule is Cc1ccc(COc2ccc(/C=N/n3c(=S)[nH]nc(C)c3=O)cc2)cc1. The molecule has 132 valence electrons. The molecule has 1 heterocycles. The normalized spacial score (nSPS) is 11.0. The van der Waals surface area contributed by atoms with Crippen molar-refractivity contribution >= 4 is 18.4 Å². The van der Waals surface area contributed by atoms with Crippen LogP contribution in [0, 0.1) is 18.6 Å². The van der Waals surface area contributed by atoms with Crippen LogP contribution in [0.1, 0.15) is 22.4 Å². The number of ether oxygens (including phenoxy) is 1. The van der Waals surface area contributed by atoms with Gasteiger partial charge in [-0.1, -0.05) is 29.8 Å². The van der Waals surface area contributed by atoms with Gasteiger partial charge in [0.15, 0.2) is 0 Å². The molecule has 0 aliphatic rings. The third kappa shape index (κ3) is 4.31. The highest BCUT2D eigenvalue weighted by Gasteiger charge is 2.01. The van der Waals surface area contributed by atoms with Crippen molar-refractivity contribution in [2.45, 2.75) is 20.5 Å². The molecule has 3 rings (SSSR count). The van der Waals surface area contributed by atoms with Crippen LogP contribution in [0.3, 0.4) is 0 Å². The topological polar surface area (TPSA) is 72.3 Å². The summed E-state index contributed by atoms with van der Waals surface area (Å²) >= 11 is 5.04. The predicted molar refractivity (Wildman–Crippen MR) is 103 cm³/mol. The van der Waals surface area contributed by atoms with E-state index >= 15 is 0 Å². The van der Waals surface area contributed by atoms with Crippen LogP contribution in [0.4, 0.5) is 0 Å². The molecular weight excluding hydrogens is 348 g/mol. The zero-order valence-electron chi connectivity index (χ0n) is 14.5. The standard InChI is InChI=1S/C19H18N4O2S/c1-13-3-5-16(6-4-13)12-25-17-9-7-15(8-10-17)11-20-23-18(24)14(2)21-22-19(23)26/h3-11H,12H2,1-2H3,(H,22,26)/b20-11+. The lowest BCUT2D eigenvalue weighted by Crippen LogP contribution is -2.22. The fourth-order valence-corrected chi connectivity index (χ4v) is 2.38. The molecule has 0 aliphatic carbocycles. The van der Waals surface area contributed by atoms with E-state index in [1.165, 1.54) is 5.56 Å². The Kier molecular flexibility index (Phi) is 5.38. The highest BCUT2D eigenvalue weighted by atomic mass is 32.1. The molecule has 0 fully saturated rings. The van der Waals surface area contributed by atoms with Gasteiger partial charge in [-0.15, -0.1) is 0 Å². The number of rotatable bonds is 5. The molecule has 0 aliphatic heterocycles. The second-order valence-electron chi connectivity index (χ2n) is 5.82. The molecule has 26 heavy (non-hydrogen) atoms. The number of nitrogens with one attached hydrogen (secondary N) is 1. The second-order valence-corrected chi connectivity index (χ2v) is 6.21. The summed E-state index contributed by atoms with van der Waals surface area (Å²) in [6.45, 7) is 4.16. The first-order valence-corrected chi connectivity index (χ1v) is 8.45. The fraction of sp³-hybridized carbons (Fsp3) is 0.158. The van der Waals surface area contributed by atoms with E-state index in [-0.39, 0.29) is 10.3 Å². The van der Waals surface area contributed by atoms with Gasteiger partial charge >= 0.3 is 0 Å². The van der Waals surface area contributed by atoms with Gasteiger partial charge in [-0.05, 0) is 61.5 Å². The molecule has 0 saturated heterocycles. The van der Waals surface area contributed by atoms with Gasteiger partial charge in [0.2, 0.25) is 4.77 Å². The summed E-state index contributed by atoms with van der Waals surface area (Å²) in [7, 11) is 0. The second kappa shape index (κ2) is 7.88. The van der Waals surface area contributed by atoms with Crippen LogP contribution in [-0.4, -0.2) is 21.1 Å². The van der Waals surface area contributed by atoms with Crippen LogP contribution in [0.2, 0.25) is 0 Å². The minimum absolute atomic E-state index is 0.148. The van der Waals surface area contributed by atoms with Crippen molar-refractivity contribution in [1.82, 2.24) is 14.9 Å². The lowest BCUT2D eigenvalue weighted by Gasteiger charge is -2.07. The van der Waals surface area contributed by atoms with Gasteiger partial charge in [0.1, 0.15) is 18.1 Å². The quantitative estimate of drug-likeness (QED) is 0.555. The fourth-order valence-electron chi connectivity index (χ4n) is 2.20. The average molecular weight is 366 g/mol. The summed E-state index contributed by atoms with van der Waals surface area (Å²) in [6.07, 6.45) is 1.56. The van der Waals surface area contributed by atoms with E-state index in [0.29, 0.717) is 12.3 Å². The molecule has 0 atom stereocenters. The van der Waals surface area contributed by atoms with E-state index in [0.717, 1.165) is 21.6 Å². The van der Waals surface area contributed by atoms with Crippen LogP contribution >= 0.6 is 12.2 Å². The number of benzene rings is 2. The van der Waals surface area contributed by atoms with Gasteiger partial charge in [-0.2, -0.15) is 14.9 Å². The van der Waals surface area contributed by atoms with Crippen molar-refractivity contribution in [3.05, 3.63) is 86.0 Å². The molecule has 1 aromatic heterocycles. The minimum atomic E-state index is -0.344. The number of H-pyrrole nitrogens is 1. The summed E-state index contributed by atoms with van der Waals surface area (Å²) in [4.78, 5) is 12.0. The van der Waals surface area contributed by atoms with Crippen LogP contribution in [-0.2, 0) is 6.61 Å². The van der Waals surface area contributed by atoms with Crippen LogP contribution in [0.25, 0.3) is 0 Å². The maximum Gasteiger partial charge on any atom is 0.296 e. The Bertz CT molecular complexity index is 1030. The summed E-state index contributed by atoms with van der Waals surface area (Å²) in [5.74, 6) is 0.761. The Morgan fingerprint density at radius 1 is 1.15 bits per heavy atom. The Labute approximate surface area is 155 Å². The maximum atomic E-state index is 12.0. The predicted octanol–water partition coefficient (Wildman–Crippen LogP) is 3.38. The molecule has 6 nitrogen and oxygen atoms in total. The van der Waals surface area contributed by atoms with Crippen molar-refractivity contribution in [3.63, 3.8) is 0 Å². The summed E-state index contributed by atoms with van der Waals surface area (Å²) < 4.78 is 7.03. The molecule has 1 N–H and O–H groups in total. The van der Waals surface area contributed by atoms with Crippen LogP contribution < -0.4 is 10.3 Å². The van der Waals surface area contributed by atoms with E-state index in [9.17, 15) is 4.79 Å². The smallest absolute Gasteiger partial charge is 0.296 e. The minimum Gasteiger partial charge on any atom is -0.489 e. The Morgan fingerprint density at radius 2 is 1.85 bits per heavy atom. The first kappa shape index (κ1) is 17.8. The van der Waals surface area contributed by atoms with E-state index in [4.69, 9.17) is 17.0 Å². The first-order valence-electron chi connectivity index (χ1n) is 8.04. The Morgan fingerprint density at radius 3 is 2.54 bits per heavy atom. The van der Waals surface area contributed by atoms with Crippen LogP contribution in [0.15, 0.2) is 58.4 Å². The van der Waals surface area contributed by atoms with Crippen LogP contribution in [0.5, 0.6) is 5.75 Å². The van der Waals surface area contributed by atoms with E-state index in [1.54, 1.807) is 13.1 Å². The number of aromatic nitrogens is 3. The summed E-state index contributed by atoms with van der Waals surface area (Å²) in [5.41, 5.74) is 3.12. The van der Waals surface area contributed by atoms with Gasteiger partial charge in [-0.3, -0.25) is 9.89 Å². The van der Waals surface area contributed by atoms with E-state index < -0.39 is 0 Å². The highest BCUT2D eigenvalue weighted by Crippen LogP contribution is 2.14. The molecule has 0 unspecified atom stereocenters. The summed E-state index contributed by atoms with van der Waals surface area (Å²) in [5, 5.41) is 10.5. The molecule has 2 aromatic carbocycles. The Hall–Kier alpha value is -3.06. The molecular formula is C19H18N4O2S. The Balaban J connectivity index is 1.68. The largest absolute Gasteiger partial charge is 0.489 e. The zero-order chi connectivity index (χ0) is 18.5. The number of aryl methyl sites for hydroxylation is 2. The van der Waals surface area contributed by atoms with Crippen molar-refractivity contribution in [2.24, 2.45) is 5.10 Å². The number of aromatic amines is 1. The number of hydrogen-bond donors (Lipinski definition) is 1. The third-order valence-electron chi connectivity index (χ3n) is 3.74. The lowest BCUT2D eigenvalue weighted by molar-refractivity contribution is 0.306. The molecule has 0 bridgehead atoms. The molecule has 3 aromatic rings.